The second-order valence-electron chi connectivity index (χ2n) is 4.69. The Morgan fingerprint density at radius 3 is 3.20 bits per heavy atom. The maximum Gasteiger partial charge on any atom is 0.0595 e. The van der Waals surface area contributed by atoms with Gasteiger partial charge in [0.15, 0.2) is 0 Å². The molecule has 15 heavy (non-hydrogen) atoms. The summed E-state index contributed by atoms with van der Waals surface area (Å²) in [6.45, 7) is 2.28. The van der Waals surface area contributed by atoms with Crippen molar-refractivity contribution in [1.29, 1.82) is 0 Å². The van der Waals surface area contributed by atoms with Crippen LogP contribution in [-0.4, -0.2) is 30.1 Å². The third-order valence-electron chi connectivity index (χ3n) is 3.71. The maximum absolute atomic E-state index is 3.67. The molecule has 1 saturated heterocycles. The minimum absolute atomic E-state index is 0.564. The Morgan fingerprint density at radius 1 is 1.20 bits per heavy atom. The summed E-state index contributed by atoms with van der Waals surface area (Å²) in [5, 5.41) is 3.67. The third kappa shape index (κ3) is 1.74. The van der Waals surface area contributed by atoms with Crippen LogP contribution >= 0.6 is 0 Å². The molecule has 0 bridgehead atoms. The van der Waals surface area contributed by atoms with Crippen LogP contribution in [0.1, 0.15) is 12.8 Å². The van der Waals surface area contributed by atoms with E-state index in [9.17, 15) is 0 Å². The summed E-state index contributed by atoms with van der Waals surface area (Å²) in [5.74, 6) is 0.788. The van der Waals surface area contributed by atoms with Crippen molar-refractivity contribution >= 4 is 0 Å². The number of nitrogens with zero attached hydrogens (tertiary/aromatic N) is 1. The molecule has 3 rings (SSSR count). The van der Waals surface area contributed by atoms with Crippen LogP contribution in [0, 0.1) is 5.92 Å². The van der Waals surface area contributed by atoms with Gasteiger partial charge in [0, 0.05) is 19.1 Å². The van der Waals surface area contributed by atoms with Crippen LogP contribution in [0.25, 0.3) is 0 Å². The van der Waals surface area contributed by atoms with Gasteiger partial charge in [-0.25, -0.2) is 0 Å². The lowest BCUT2D eigenvalue weighted by Gasteiger charge is -2.31. The molecule has 0 aromatic heterocycles. The van der Waals surface area contributed by atoms with Gasteiger partial charge in [-0.2, -0.15) is 0 Å². The molecule has 2 aliphatic heterocycles. The summed E-state index contributed by atoms with van der Waals surface area (Å²) in [5.41, 5.74) is 0. The van der Waals surface area contributed by atoms with Crippen molar-refractivity contribution in [3.8, 4) is 0 Å². The summed E-state index contributed by atoms with van der Waals surface area (Å²) >= 11 is 0. The van der Waals surface area contributed by atoms with Crippen molar-refractivity contribution in [2.45, 2.75) is 24.9 Å². The van der Waals surface area contributed by atoms with E-state index >= 15 is 0 Å². The van der Waals surface area contributed by atoms with E-state index < -0.39 is 0 Å². The summed E-state index contributed by atoms with van der Waals surface area (Å²) < 4.78 is 0. The molecule has 2 heterocycles. The summed E-state index contributed by atoms with van der Waals surface area (Å²) in [7, 11) is 0. The second-order valence-corrected chi connectivity index (χ2v) is 4.69. The lowest BCUT2D eigenvalue weighted by molar-refractivity contribution is 0.277. The zero-order chi connectivity index (χ0) is 10.1. The summed E-state index contributed by atoms with van der Waals surface area (Å²) in [6, 6.07) is 1.17. The van der Waals surface area contributed by atoms with Crippen LogP contribution in [0.15, 0.2) is 36.6 Å². The largest absolute Gasteiger partial charge is 0.369 e. The van der Waals surface area contributed by atoms with E-state index in [-0.39, 0.29) is 0 Å². The van der Waals surface area contributed by atoms with E-state index in [0.29, 0.717) is 12.1 Å². The smallest absolute Gasteiger partial charge is 0.0595 e. The lowest BCUT2D eigenvalue weighted by atomic mass is 9.89. The summed E-state index contributed by atoms with van der Waals surface area (Å²) in [4.78, 5) is 2.48. The second kappa shape index (κ2) is 3.86. The molecule has 1 fully saturated rings. The standard InChI is InChI=1S/C13H18N2/c1-2-7-13-11(5-1)10-15-8-4-3-6-12(15)9-14-13/h2-4,6-8,11-14H,1,5,9-10H2. The number of rotatable bonds is 0. The van der Waals surface area contributed by atoms with Crippen LogP contribution < -0.4 is 5.32 Å². The zero-order valence-corrected chi connectivity index (χ0v) is 8.97. The molecule has 0 spiro atoms. The zero-order valence-electron chi connectivity index (χ0n) is 8.97. The number of allylic oxidation sites excluding steroid dienone is 3. The van der Waals surface area contributed by atoms with Gasteiger partial charge in [-0.05, 0) is 31.0 Å². The number of hydrogen-bond donors (Lipinski definition) is 1. The van der Waals surface area contributed by atoms with Gasteiger partial charge in [-0.3, -0.25) is 0 Å². The molecule has 0 amide bonds. The molecule has 2 heteroatoms. The van der Waals surface area contributed by atoms with E-state index in [1.807, 2.05) is 0 Å². The van der Waals surface area contributed by atoms with Gasteiger partial charge in [0.05, 0.1) is 6.04 Å². The minimum Gasteiger partial charge on any atom is -0.369 e. The summed E-state index contributed by atoms with van der Waals surface area (Å²) in [6.07, 6.45) is 16.1. The van der Waals surface area contributed by atoms with Crippen molar-refractivity contribution in [2.24, 2.45) is 5.92 Å². The first-order valence-electron chi connectivity index (χ1n) is 5.94. The van der Waals surface area contributed by atoms with E-state index in [1.54, 1.807) is 0 Å². The van der Waals surface area contributed by atoms with Crippen molar-refractivity contribution < 1.29 is 0 Å². The maximum atomic E-state index is 3.67. The van der Waals surface area contributed by atoms with E-state index in [1.165, 1.54) is 19.4 Å². The molecule has 1 aliphatic carbocycles. The van der Waals surface area contributed by atoms with Gasteiger partial charge < -0.3 is 10.2 Å². The number of hydrogen-bond acceptors (Lipinski definition) is 2. The minimum atomic E-state index is 0.564. The highest BCUT2D eigenvalue weighted by molar-refractivity contribution is 5.16. The van der Waals surface area contributed by atoms with E-state index in [0.717, 1.165) is 12.5 Å². The van der Waals surface area contributed by atoms with Crippen LogP contribution in [0.4, 0.5) is 0 Å². The molecule has 80 valence electrons. The fourth-order valence-electron chi connectivity index (χ4n) is 2.81. The van der Waals surface area contributed by atoms with Crippen LogP contribution in [0.5, 0.6) is 0 Å². The predicted molar refractivity (Wildman–Crippen MR) is 62.4 cm³/mol. The SMILES string of the molecule is C1=CC2CNC3C=CCCC3CN2C=C1. The van der Waals surface area contributed by atoms with E-state index in [2.05, 4.69) is 46.8 Å². The Kier molecular flexibility index (Phi) is 2.37. The van der Waals surface area contributed by atoms with Crippen molar-refractivity contribution in [2.75, 3.05) is 13.1 Å². The van der Waals surface area contributed by atoms with Crippen LogP contribution in [0.2, 0.25) is 0 Å². The van der Waals surface area contributed by atoms with E-state index in [4.69, 9.17) is 0 Å². The topological polar surface area (TPSA) is 15.3 Å². The molecule has 0 aromatic carbocycles. The Balaban J connectivity index is 1.80. The highest BCUT2D eigenvalue weighted by Gasteiger charge is 2.29. The van der Waals surface area contributed by atoms with Gasteiger partial charge >= 0.3 is 0 Å². The Labute approximate surface area is 91.3 Å². The normalized spacial score (nSPS) is 38.4. The molecule has 0 radical (unpaired) electrons. The Bertz CT molecular complexity index is 316. The van der Waals surface area contributed by atoms with Gasteiger partial charge in [0.25, 0.3) is 0 Å². The highest BCUT2D eigenvalue weighted by Crippen LogP contribution is 2.24. The first-order chi connectivity index (χ1) is 7.43. The van der Waals surface area contributed by atoms with Crippen LogP contribution in [0.3, 0.4) is 0 Å². The lowest BCUT2D eigenvalue weighted by Crippen LogP contribution is -2.37. The predicted octanol–water partition coefficient (Wildman–Crippen LogP) is 1.68. The Hall–Kier alpha value is -1.02. The molecule has 0 aromatic rings. The molecule has 2 nitrogen and oxygen atoms in total. The fraction of sp³-hybridized carbons (Fsp3) is 0.538. The van der Waals surface area contributed by atoms with Crippen molar-refractivity contribution in [3.05, 3.63) is 36.6 Å². The first-order valence-corrected chi connectivity index (χ1v) is 5.94. The number of fused-ring (bicyclic) bond motifs is 2. The molecule has 1 N–H and O–H groups in total. The average molecular weight is 202 g/mol. The van der Waals surface area contributed by atoms with Crippen molar-refractivity contribution in [3.63, 3.8) is 0 Å². The van der Waals surface area contributed by atoms with Gasteiger partial charge in [0.2, 0.25) is 0 Å². The number of nitrogens with one attached hydrogen (secondary N) is 1. The Morgan fingerprint density at radius 2 is 2.20 bits per heavy atom. The fourth-order valence-corrected chi connectivity index (χ4v) is 2.81. The molecule has 3 unspecified atom stereocenters. The molecular formula is C13H18N2. The quantitative estimate of drug-likeness (QED) is 0.601. The molecule has 3 aliphatic rings. The monoisotopic (exact) mass is 202 g/mol. The van der Waals surface area contributed by atoms with Gasteiger partial charge in [-0.15, -0.1) is 0 Å². The highest BCUT2D eigenvalue weighted by atomic mass is 15.2. The molecular weight excluding hydrogens is 184 g/mol. The molecule has 0 saturated carbocycles. The van der Waals surface area contributed by atoms with Crippen LogP contribution in [-0.2, 0) is 0 Å². The third-order valence-corrected chi connectivity index (χ3v) is 3.71. The van der Waals surface area contributed by atoms with Gasteiger partial charge in [-0.1, -0.05) is 24.3 Å². The van der Waals surface area contributed by atoms with Crippen molar-refractivity contribution in [1.82, 2.24) is 10.2 Å². The first kappa shape index (κ1) is 9.22. The molecule has 3 atom stereocenters. The average Bonchev–Trinajstić information content (AvgIpc) is 2.48. The van der Waals surface area contributed by atoms with Gasteiger partial charge in [0.1, 0.15) is 0 Å².